The topological polar surface area (TPSA) is 75.4 Å². The van der Waals surface area contributed by atoms with Crippen LogP contribution in [0.2, 0.25) is 0 Å². The first-order chi connectivity index (χ1) is 14.4. The number of halogens is 2. The van der Waals surface area contributed by atoms with Gasteiger partial charge in [-0.05, 0) is 75.6 Å². The normalized spacial score (nSPS) is 15.8. The molecule has 168 valence electrons. The molecule has 0 unspecified atom stereocenters. The van der Waals surface area contributed by atoms with Gasteiger partial charge in [0.05, 0.1) is 10.6 Å². The molecule has 6 nitrogen and oxygen atoms in total. The minimum atomic E-state index is -3.46. The SMILES string of the molecule is Cc1cccc(S(=O)(=O)NCCCN2CCC(c3noc4cc(F)ccc34)CC2)c1.Cl. The number of hydrogen-bond acceptors (Lipinski definition) is 5. The van der Waals surface area contributed by atoms with Crippen molar-refractivity contribution in [1.29, 1.82) is 0 Å². The molecule has 2 aromatic carbocycles. The number of benzene rings is 2. The maximum absolute atomic E-state index is 13.3. The average Bonchev–Trinajstić information content (AvgIpc) is 3.15. The molecule has 0 radical (unpaired) electrons. The van der Waals surface area contributed by atoms with Crippen LogP contribution in [0.4, 0.5) is 4.39 Å². The number of piperidine rings is 1. The maximum atomic E-state index is 13.3. The van der Waals surface area contributed by atoms with E-state index in [1.807, 2.05) is 13.0 Å². The largest absolute Gasteiger partial charge is 0.356 e. The zero-order chi connectivity index (χ0) is 21.1. The Morgan fingerprint density at radius 2 is 1.97 bits per heavy atom. The third kappa shape index (κ3) is 5.63. The first kappa shape index (κ1) is 23.7. The van der Waals surface area contributed by atoms with E-state index in [1.165, 1.54) is 12.1 Å². The number of aryl methyl sites for hydroxylation is 1. The lowest BCUT2D eigenvalue weighted by atomic mass is 9.91. The molecule has 9 heteroatoms. The summed E-state index contributed by atoms with van der Waals surface area (Å²) in [6.07, 6.45) is 2.66. The predicted octanol–water partition coefficient (Wildman–Crippen LogP) is 4.25. The summed E-state index contributed by atoms with van der Waals surface area (Å²) in [5.74, 6) is -0.0224. The van der Waals surface area contributed by atoms with Crippen molar-refractivity contribution in [1.82, 2.24) is 14.8 Å². The summed E-state index contributed by atoms with van der Waals surface area (Å²) in [6, 6.07) is 11.5. The van der Waals surface area contributed by atoms with E-state index in [-0.39, 0.29) is 18.2 Å². The Bertz CT molecular complexity index is 1130. The fraction of sp³-hybridized carbons (Fsp3) is 0.409. The molecule has 1 saturated heterocycles. The number of likely N-dealkylation sites (tertiary alicyclic amines) is 1. The highest BCUT2D eigenvalue weighted by atomic mass is 35.5. The molecule has 1 aromatic heterocycles. The fourth-order valence-corrected chi connectivity index (χ4v) is 5.21. The number of fused-ring (bicyclic) bond motifs is 1. The molecule has 0 amide bonds. The minimum absolute atomic E-state index is 0. The van der Waals surface area contributed by atoms with Gasteiger partial charge >= 0.3 is 0 Å². The van der Waals surface area contributed by atoms with E-state index >= 15 is 0 Å². The highest BCUT2D eigenvalue weighted by Crippen LogP contribution is 2.32. The Morgan fingerprint density at radius 1 is 1.19 bits per heavy atom. The predicted molar refractivity (Wildman–Crippen MR) is 121 cm³/mol. The van der Waals surface area contributed by atoms with E-state index in [1.54, 1.807) is 24.3 Å². The summed E-state index contributed by atoms with van der Waals surface area (Å²) in [5, 5.41) is 5.07. The first-order valence-corrected chi connectivity index (χ1v) is 11.7. The Labute approximate surface area is 188 Å². The van der Waals surface area contributed by atoms with Crippen LogP contribution in [-0.2, 0) is 10.0 Å². The smallest absolute Gasteiger partial charge is 0.240 e. The second-order valence-corrected chi connectivity index (χ2v) is 9.66. The van der Waals surface area contributed by atoms with Gasteiger partial charge in [0.1, 0.15) is 5.82 Å². The monoisotopic (exact) mass is 467 g/mol. The lowest BCUT2D eigenvalue weighted by Crippen LogP contribution is -2.35. The lowest BCUT2D eigenvalue weighted by Gasteiger charge is -2.31. The Morgan fingerprint density at radius 3 is 2.71 bits per heavy atom. The van der Waals surface area contributed by atoms with Crippen LogP contribution in [0.15, 0.2) is 51.9 Å². The molecule has 1 aliphatic rings. The molecular weight excluding hydrogens is 441 g/mol. The summed E-state index contributed by atoms with van der Waals surface area (Å²) < 4.78 is 46.1. The number of nitrogens with one attached hydrogen (secondary N) is 1. The average molecular weight is 468 g/mol. The summed E-state index contributed by atoms with van der Waals surface area (Å²) in [7, 11) is -3.46. The number of hydrogen-bond donors (Lipinski definition) is 1. The molecule has 0 spiro atoms. The van der Waals surface area contributed by atoms with Crippen molar-refractivity contribution in [2.45, 2.75) is 37.0 Å². The molecule has 31 heavy (non-hydrogen) atoms. The van der Waals surface area contributed by atoms with E-state index in [0.717, 1.165) is 55.5 Å². The van der Waals surface area contributed by atoms with Gasteiger partial charge in [-0.2, -0.15) is 0 Å². The van der Waals surface area contributed by atoms with Crippen molar-refractivity contribution in [3.8, 4) is 0 Å². The standard InChI is InChI=1S/C22H26FN3O3S.ClH/c1-16-4-2-5-19(14-16)30(27,28)24-10-3-11-26-12-8-17(9-13-26)22-20-7-6-18(23)15-21(20)29-25-22;/h2,4-7,14-15,17,24H,3,8-13H2,1H3;1H. The van der Waals surface area contributed by atoms with Gasteiger partial charge in [-0.3, -0.25) is 0 Å². The Hall–Kier alpha value is -2.00. The Kier molecular flexibility index (Phi) is 7.69. The van der Waals surface area contributed by atoms with E-state index in [2.05, 4.69) is 14.8 Å². The third-order valence-electron chi connectivity index (χ3n) is 5.68. The minimum Gasteiger partial charge on any atom is -0.356 e. The van der Waals surface area contributed by atoms with Crippen LogP contribution in [0.3, 0.4) is 0 Å². The van der Waals surface area contributed by atoms with E-state index in [4.69, 9.17) is 4.52 Å². The lowest BCUT2D eigenvalue weighted by molar-refractivity contribution is 0.208. The molecule has 4 rings (SSSR count). The molecule has 0 bridgehead atoms. The second kappa shape index (κ2) is 10.1. The van der Waals surface area contributed by atoms with Gasteiger partial charge in [0.15, 0.2) is 5.58 Å². The first-order valence-electron chi connectivity index (χ1n) is 10.3. The number of aromatic nitrogens is 1. The van der Waals surface area contributed by atoms with E-state index < -0.39 is 10.0 Å². The molecule has 0 atom stereocenters. The zero-order valence-corrected chi connectivity index (χ0v) is 19.0. The van der Waals surface area contributed by atoms with Crippen LogP contribution < -0.4 is 4.72 Å². The van der Waals surface area contributed by atoms with Crippen LogP contribution in [0.5, 0.6) is 0 Å². The van der Waals surface area contributed by atoms with Crippen LogP contribution in [0.25, 0.3) is 11.0 Å². The third-order valence-corrected chi connectivity index (χ3v) is 7.14. The molecule has 0 saturated carbocycles. The van der Waals surface area contributed by atoms with Gasteiger partial charge in [0, 0.05) is 23.9 Å². The van der Waals surface area contributed by atoms with Crippen LogP contribution >= 0.6 is 12.4 Å². The highest BCUT2D eigenvalue weighted by molar-refractivity contribution is 7.89. The Balaban J connectivity index is 0.00000272. The van der Waals surface area contributed by atoms with Crippen molar-refractivity contribution in [3.63, 3.8) is 0 Å². The number of rotatable bonds is 7. The molecule has 3 aromatic rings. The number of nitrogens with zero attached hydrogens (tertiary/aromatic N) is 2. The molecule has 1 N–H and O–H groups in total. The summed E-state index contributed by atoms with van der Waals surface area (Å²) >= 11 is 0. The van der Waals surface area contributed by atoms with Crippen LogP contribution in [0, 0.1) is 12.7 Å². The van der Waals surface area contributed by atoms with E-state index in [0.29, 0.717) is 22.9 Å². The van der Waals surface area contributed by atoms with Gasteiger partial charge in [0.2, 0.25) is 10.0 Å². The summed E-state index contributed by atoms with van der Waals surface area (Å²) in [6.45, 7) is 4.97. The van der Waals surface area contributed by atoms with Crippen LogP contribution in [-0.4, -0.2) is 44.7 Å². The van der Waals surface area contributed by atoms with Crippen molar-refractivity contribution in [2.24, 2.45) is 0 Å². The van der Waals surface area contributed by atoms with Crippen molar-refractivity contribution in [2.75, 3.05) is 26.2 Å². The van der Waals surface area contributed by atoms with Gasteiger partial charge in [-0.1, -0.05) is 17.3 Å². The van der Waals surface area contributed by atoms with Crippen LogP contribution in [0.1, 0.15) is 36.4 Å². The van der Waals surface area contributed by atoms with Gasteiger partial charge < -0.3 is 9.42 Å². The molecule has 1 fully saturated rings. The quantitative estimate of drug-likeness (QED) is 0.526. The van der Waals surface area contributed by atoms with Gasteiger partial charge in [0.25, 0.3) is 0 Å². The summed E-state index contributed by atoms with van der Waals surface area (Å²) in [4.78, 5) is 2.65. The van der Waals surface area contributed by atoms with Gasteiger partial charge in [-0.25, -0.2) is 17.5 Å². The fourth-order valence-electron chi connectivity index (χ4n) is 4.03. The second-order valence-electron chi connectivity index (χ2n) is 7.89. The highest BCUT2D eigenvalue weighted by Gasteiger charge is 2.25. The molecular formula is C22H27ClFN3O3S. The van der Waals surface area contributed by atoms with Crippen molar-refractivity contribution in [3.05, 3.63) is 59.5 Å². The van der Waals surface area contributed by atoms with Crippen molar-refractivity contribution >= 4 is 33.4 Å². The molecule has 1 aliphatic heterocycles. The molecule has 0 aliphatic carbocycles. The van der Waals surface area contributed by atoms with Crippen molar-refractivity contribution < 1.29 is 17.3 Å². The summed E-state index contributed by atoms with van der Waals surface area (Å²) in [5.41, 5.74) is 2.33. The maximum Gasteiger partial charge on any atom is 0.240 e. The zero-order valence-electron chi connectivity index (χ0n) is 17.4. The number of sulfonamides is 1. The van der Waals surface area contributed by atoms with Gasteiger partial charge in [-0.15, -0.1) is 12.4 Å². The molecule has 2 heterocycles. The van der Waals surface area contributed by atoms with E-state index in [9.17, 15) is 12.8 Å².